The van der Waals surface area contributed by atoms with Gasteiger partial charge in [-0.05, 0) is 12.5 Å². The van der Waals surface area contributed by atoms with Gasteiger partial charge < -0.3 is 14.2 Å². The van der Waals surface area contributed by atoms with Crippen molar-refractivity contribution in [2.45, 2.75) is 20.0 Å². The van der Waals surface area contributed by atoms with E-state index in [0.717, 1.165) is 6.42 Å². The molecule has 0 unspecified atom stereocenters. The summed E-state index contributed by atoms with van der Waals surface area (Å²) in [5.74, 6) is 0.894. The van der Waals surface area contributed by atoms with Gasteiger partial charge in [-0.25, -0.2) is 0 Å². The van der Waals surface area contributed by atoms with E-state index in [1.165, 1.54) is 0 Å². The van der Waals surface area contributed by atoms with Crippen LogP contribution in [0, 0.1) is 11.3 Å². The lowest BCUT2D eigenvalue weighted by molar-refractivity contribution is 0.114. The Morgan fingerprint density at radius 1 is 1.59 bits per heavy atom. The maximum atomic E-state index is 8.68. The van der Waals surface area contributed by atoms with Crippen molar-refractivity contribution in [1.29, 1.82) is 5.26 Å². The number of ether oxygens (including phenoxy) is 1. The van der Waals surface area contributed by atoms with E-state index in [2.05, 4.69) is 15.1 Å². The van der Waals surface area contributed by atoms with E-state index < -0.39 is 0 Å². The number of nitrogens with one attached hydrogen (secondary N) is 1. The monoisotopic (exact) mass is 232 g/mol. The molecule has 0 aliphatic carbocycles. The van der Waals surface area contributed by atoms with Crippen LogP contribution in [-0.4, -0.2) is 21.7 Å². The minimum absolute atomic E-state index is 0.340. The molecule has 0 fully saturated rings. The van der Waals surface area contributed by atoms with Crippen LogP contribution in [-0.2, 0) is 11.3 Å². The highest BCUT2D eigenvalue weighted by Crippen LogP contribution is 2.17. The van der Waals surface area contributed by atoms with Gasteiger partial charge in [0.25, 0.3) is 5.89 Å². The minimum Gasteiger partial charge on any atom is -0.373 e. The van der Waals surface area contributed by atoms with Gasteiger partial charge in [0.2, 0.25) is 0 Å². The molecule has 2 heterocycles. The first kappa shape index (κ1) is 11.4. The van der Waals surface area contributed by atoms with E-state index in [0.29, 0.717) is 36.2 Å². The van der Waals surface area contributed by atoms with Crippen LogP contribution in [0.25, 0.3) is 11.5 Å². The molecule has 1 N–H and O–H groups in total. The molecular formula is C11H12N4O2. The summed E-state index contributed by atoms with van der Waals surface area (Å²) >= 11 is 0. The highest BCUT2D eigenvalue weighted by atomic mass is 16.5. The van der Waals surface area contributed by atoms with E-state index in [9.17, 15) is 0 Å². The van der Waals surface area contributed by atoms with E-state index in [1.807, 2.05) is 13.0 Å². The van der Waals surface area contributed by atoms with Gasteiger partial charge in [0.1, 0.15) is 18.4 Å². The van der Waals surface area contributed by atoms with Gasteiger partial charge in [0.15, 0.2) is 5.82 Å². The third-order valence-corrected chi connectivity index (χ3v) is 2.10. The zero-order valence-electron chi connectivity index (χ0n) is 9.43. The summed E-state index contributed by atoms with van der Waals surface area (Å²) in [4.78, 5) is 6.96. The second-order valence-electron chi connectivity index (χ2n) is 3.48. The van der Waals surface area contributed by atoms with Crippen molar-refractivity contribution >= 4 is 0 Å². The van der Waals surface area contributed by atoms with Crippen LogP contribution < -0.4 is 0 Å². The smallest absolute Gasteiger partial charge is 0.259 e. The first-order valence-electron chi connectivity index (χ1n) is 5.32. The lowest BCUT2D eigenvalue weighted by atomic mass is 10.3. The Hall–Kier alpha value is -2.13. The van der Waals surface area contributed by atoms with Crippen LogP contribution >= 0.6 is 0 Å². The standard InChI is InChI=1S/C11H12N4O2/c1-2-3-16-7-10-14-11(17-15-10)8-4-9(5-12)13-6-8/h4,6,13H,2-3,7H2,1H3. The van der Waals surface area contributed by atoms with Crippen LogP contribution in [0.1, 0.15) is 24.9 Å². The number of hydrogen-bond donors (Lipinski definition) is 1. The fourth-order valence-electron chi connectivity index (χ4n) is 1.32. The summed E-state index contributed by atoms with van der Waals surface area (Å²) in [6.07, 6.45) is 2.61. The molecule has 2 rings (SSSR count). The summed E-state index contributed by atoms with van der Waals surface area (Å²) < 4.78 is 10.4. The predicted octanol–water partition coefficient (Wildman–Crippen LogP) is 1.86. The molecule has 0 aliphatic rings. The molecule has 0 radical (unpaired) electrons. The Balaban J connectivity index is 2.05. The van der Waals surface area contributed by atoms with Crippen LogP contribution in [0.15, 0.2) is 16.8 Å². The highest BCUT2D eigenvalue weighted by Gasteiger charge is 2.10. The van der Waals surface area contributed by atoms with Crippen molar-refractivity contribution in [3.8, 4) is 17.5 Å². The zero-order valence-corrected chi connectivity index (χ0v) is 9.43. The summed E-state index contributed by atoms with van der Waals surface area (Å²) in [6, 6.07) is 3.65. The molecule has 17 heavy (non-hydrogen) atoms. The van der Waals surface area contributed by atoms with Gasteiger partial charge in [-0.2, -0.15) is 10.2 Å². The first-order valence-corrected chi connectivity index (χ1v) is 5.32. The molecule has 88 valence electrons. The predicted molar refractivity (Wildman–Crippen MR) is 58.7 cm³/mol. The molecule has 0 aromatic carbocycles. The van der Waals surface area contributed by atoms with Crippen LogP contribution in [0.5, 0.6) is 0 Å². The molecule has 6 heteroatoms. The minimum atomic E-state index is 0.340. The molecular weight excluding hydrogens is 220 g/mol. The molecule has 0 saturated carbocycles. The van der Waals surface area contributed by atoms with Crippen LogP contribution in [0.4, 0.5) is 0 Å². The third kappa shape index (κ3) is 2.71. The second-order valence-corrected chi connectivity index (χ2v) is 3.48. The maximum Gasteiger partial charge on any atom is 0.259 e. The number of aromatic nitrogens is 3. The molecule has 0 atom stereocenters. The van der Waals surface area contributed by atoms with Crippen molar-refractivity contribution in [2.75, 3.05) is 6.61 Å². The molecule has 2 aromatic rings. The lowest BCUT2D eigenvalue weighted by Gasteiger charge is -1.95. The van der Waals surface area contributed by atoms with Gasteiger partial charge in [-0.15, -0.1) is 0 Å². The van der Waals surface area contributed by atoms with Gasteiger partial charge in [0, 0.05) is 12.8 Å². The average molecular weight is 232 g/mol. The van der Waals surface area contributed by atoms with Crippen LogP contribution in [0.2, 0.25) is 0 Å². The molecule has 6 nitrogen and oxygen atoms in total. The molecule has 0 saturated heterocycles. The van der Waals surface area contributed by atoms with Gasteiger partial charge in [0.05, 0.1) is 5.56 Å². The zero-order chi connectivity index (χ0) is 12.1. The Morgan fingerprint density at radius 2 is 2.47 bits per heavy atom. The topological polar surface area (TPSA) is 87.7 Å². The molecule has 0 amide bonds. The molecule has 0 bridgehead atoms. The van der Waals surface area contributed by atoms with Crippen molar-refractivity contribution in [2.24, 2.45) is 0 Å². The summed E-state index contributed by atoms with van der Waals surface area (Å²) in [5, 5.41) is 12.5. The largest absolute Gasteiger partial charge is 0.373 e. The fourth-order valence-corrected chi connectivity index (χ4v) is 1.32. The van der Waals surface area contributed by atoms with Crippen molar-refractivity contribution in [3.05, 3.63) is 23.8 Å². The fraction of sp³-hybridized carbons (Fsp3) is 0.364. The van der Waals surface area contributed by atoms with E-state index in [4.69, 9.17) is 14.5 Å². The van der Waals surface area contributed by atoms with E-state index in [1.54, 1.807) is 12.3 Å². The maximum absolute atomic E-state index is 8.68. The number of aromatic amines is 1. The first-order chi connectivity index (χ1) is 8.33. The lowest BCUT2D eigenvalue weighted by Crippen LogP contribution is -1.95. The third-order valence-electron chi connectivity index (χ3n) is 2.10. The quantitative estimate of drug-likeness (QED) is 0.795. The molecule has 2 aromatic heterocycles. The number of hydrogen-bond acceptors (Lipinski definition) is 5. The van der Waals surface area contributed by atoms with E-state index in [-0.39, 0.29) is 0 Å². The number of nitriles is 1. The summed E-state index contributed by atoms with van der Waals surface area (Å²) in [7, 11) is 0. The van der Waals surface area contributed by atoms with E-state index >= 15 is 0 Å². The van der Waals surface area contributed by atoms with Gasteiger partial charge in [-0.1, -0.05) is 12.1 Å². The molecule has 0 aliphatic heterocycles. The normalized spacial score (nSPS) is 10.4. The number of nitrogens with zero attached hydrogens (tertiary/aromatic N) is 3. The molecule has 0 spiro atoms. The van der Waals surface area contributed by atoms with Gasteiger partial charge >= 0.3 is 0 Å². The second kappa shape index (κ2) is 5.27. The Morgan fingerprint density at radius 3 is 3.18 bits per heavy atom. The summed E-state index contributed by atoms with van der Waals surface area (Å²) in [6.45, 7) is 3.05. The SMILES string of the molecule is CCCOCc1noc(-c2c[nH]c(C#N)c2)n1. The van der Waals surface area contributed by atoms with Gasteiger partial charge in [-0.3, -0.25) is 0 Å². The van der Waals surface area contributed by atoms with Crippen molar-refractivity contribution in [1.82, 2.24) is 15.1 Å². The Kier molecular flexibility index (Phi) is 3.52. The number of rotatable bonds is 5. The summed E-state index contributed by atoms with van der Waals surface area (Å²) in [5.41, 5.74) is 1.16. The van der Waals surface area contributed by atoms with Crippen molar-refractivity contribution in [3.63, 3.8) is 0 Å². The average Bonchev–Trinajstić information content (AvgIpc) is 2.97. The highest BCUT2D eigenvalue weighted by molar-refractivity contribution is 5.54. The van der Waals surface area contributed by atoms with Crippen molar-refractivity contribution < 1.29 is 9.26 Å². The van der Waals surface area contributed by atoms with Crippen LogP contribution in [0.3, 0.4) is 0 Å². The number of H-pyrrole nitrogens is 1. The Labute approximate surface area is 98.2 Å². The Bertz CT molecular complexity index is 524.